The van der Waals surface area contributed by atoms with Gasteiger partial charge in [-0.05, 0) is 0 Å². The quantitative estimate of drug-likeness (QED) is 0.305. The molecule has 2 aliphatic rings. The summed E-state index contributed by atoms with van der Waals surface area (Å²) in [5.74, 6) is -0.441. The number of methoxy groups -OCH3 is 1. The van der Waals surface area contributed by atoms with Crippen molar-refractivity contribution in [1.29, 1.82) is 0 Å². The molecular weight excluding hydrogens is 655 g/mol. The first kappa shape index (κ1) is 34.6. The fraction of sp³-hybridized carbons (Fsp3) is 0.308. The van der Waals surface area contributed by atoms with E-state index in [4.69, 9.17) is 13.6 Å². The van der Waals surface area contributed by atoms with Gasteiger partial charge < -0.3 is 0 Å². The van der Waals surface area contributed by atoms with Gasteiger partial charge in [0.25, 0.3) is 0 Å². The van der Waals surface area contributed by atoms with Gasteiger partial charge in [-0.2, -0.15) is 0 Å². The number of benzene rings is 3. The Morgan fingerprint density at radius 2 is 0.977 bits per heavy atom. The van der Waals surface area contributed by atoms with Gasteiger partial charge in [0.1, 0.15) is 0 Å². The first-order chi connectivity index (χ1) is 19.7. The van der Waals surface area contributed by atoms with Crippen LogP contribution in [0.25, 0.3) is 0 Å². The van der Waals surface area contributed by atoms with Gasteiger partial charge in [0.2, 0.25) is 0 Å². The van der Waals surface area contributed by atoms with Crippen LogP contribution in [0.1, 0.15) is 16.7 Å². The van der Waals surface area contributed by atoms with Crippen molar-refractivity contribution in [2.75, 3.05) is 7.11 Å². The summed E-state index contributed by atoms with van der Waals surface area (Å²) < 4.78 is 192. The fourth-order valence-electron chi connectivity index (χ4n) is 5.70. The van der Waals surface area contributed by atoms with Gasteiger partial charge in [-0.25, -0.2) is 0 Å². The molecule has 0 saturated carbocycles. The minimum Gasteiger partial charge on any atom is 1.00 e. The Kier molecular flexibility index (Phi) is 8.14. The standard InChI is InChI=1S/C26H17F12O3SSi.Li/c1-39-16-12-10-15(11-13-16)14-42-43(19-8-4-2-6-17(19)21(40-43,23(27,28)29)24(30,31)32)20-9-5-3-7-18(20)22(41-43,25(33,34)35)26(36,37)38;/h2-13H,14H2,1H3;/q-1;+1. The zero-order chi connectivity index (χ0) is 31.9. The molecule has 0 N–H and O–H groups in total. The molecule has 18 heteroatoms. The Morgan fingerprint density at radius 3 is 1.32 bits per heavy atom. The average Bonchev–Trinajstić information content (AvgIpc) is 3.36. The first-order valence-electron chi connectivity index (χ1n) is 12.0. The van der Waals surface area contributed by atoms with Crippen molar-refractivity contribution >= 4 is 28.6 Å². The summed E-state index contributed by atoms with van der Waals surface area (Å²) in [4.78, 5) is 0. The predicted molar refractivity (Wildman–Crippen MR) is 132 cm³/mol. The van der Waals surface area contributed by atoms with Crippen LogP contribution in [0.2, 0.25) is 0 Å². The van der Waals surface area contributed by atoms with Crippen LogP contribution in [0, 0.1) is 0 Å². The van der Waals surface area contributed by atoms with E-state index in [1.807, 2.05) is 0 Å². The monoisotopic (exact) mass is 672 g/mol. The largest absolute Gasteiger partial charge is 1.00 e. The molecule has 234 valence electrons. The molecule has 44 heavy (non-hydrogen) atoms. The van der Waals surface area contributed by atoms with E-state index in [2.05, 4.69) is 0 Å². The van der Waals surface area contributed by atoms with Crippen molar-refractivity contribution in [2.45, 2.75) is 41.7 Å². The molecule has 2 aliphatic heterocycles. The van der Waals surface area contributed by atoms with E-state index in [0.717, 1.165) is 24.3 Å². The van der Waals surface area contributed by atoms with Crippen LogP contribution in [0.15, 0.2) is 72.8 Å². The summed E-state index contributed by atoms with van der Waals surface area (Å²) in [6.07, 6.45) is -25.6. The SMILES string of the molecule is COc1ccc(CS[Si-]23(OC(C(F)(F)F)(C(F)(F)F)c4ccccc42)OC(C(F)(F)F)(C(F)(F)F)c2ccccc23)cc1.[Li+]. The normalized spacial score (nSPS) is 20.6. The van der Waals surface area contributed by atoms with Crippen LogP contribution in [0.4, 0.5) is 52.7 Å². The maximum atomic E-state index is 14.7. The molecule has 0 fully saturated rings. The average molecular weight is 672 g/mol. The predicted octanol–water partition coefficient (Wildman–Crippen LogP) is 4.34. The Balaban J connectivity index is 0.00000442. The summed E-state index contributed by atoms with van der Waals surface area (Å²) in [5.41, 5.74) is -14.0. The zero-order valence-electron chi connectivity index (χ0n) is 22.3. The Bertz CT molecular complexity index is 1440. The molecule has 0 radical (unpaired) electrons. The van der Waals surface area contributed by atoms with Crippen molar-refractivity contribution in [3.8, 4) is 5.75 Å². The van der Waals surface area contributed by atoms with E-state index in [0.29, 0.717) is 24.3 Å². The maximum Gasteiger partial charge on any atom is 1.00 e. The summed E-state index contributed by atoms with van der Waals surface area (Å²) >= 11 is -0.0701. The van der Waals surface area contributed by atoms with Crippen LogP contribution in [-0.4, -0.2) is 38.8 Å². The third-order valence-electron chi connectivity index (χ3n) is 7.48. The number of hydrogen-bond acceptors (Lipinski definition) is 4. The molecule has 0 unspecified atom stereocenters. The second kappa shape index (κ2) is 10.4. The van der Waals surface area contributed by atoms with Crippen LogP contribution >= 0.6 is 11.2 Å². The van der Waals surface area contributed by atoms with Crippen LogP contribution in [0.5, 0.6) is 5.75 Å². The van der Waals surface area contributed by atoms with Crippen LogP contribution in [0.3, 0.4) is 0 Å². The van der Waals surface area contributed by atoms with Crippen molar-refractivity contribution in [1.82, 2.24) is 0 Å². The van der Waals surface area contributed by atoms with Gasteiger partial charge in [-0.1, -0.05) is 0 Å². The van der Waals surface area contributed by atoms with Crippen LogP contribution in [-0.2, 0) is 25.8 Å². The molecule has 0 aliphatic carbocycles. The number of ether oxygens (including phenoxy) is 1. The zero-order valence-corrected chi connectivity index (χ0v) is 24.1. The number of alkyl halides is 12. The van der Waals surface area contributed by atoms with Crippen molar-refractivity contribution in [3.05, 3.63) is 89.5 Å². The van der Waals surface area contributed by atoms with E-state index < -0.39 is 70.1 Å². The summed E-state index contributed by atoms with van der Waals surface area (Å²) in [6, 6.07) is 10.4. The minimum atomic E-state index is -7.19. The summed E-state index contributed by atoms with van der Waals surface area (Å²) in [6.45, 7) is -7.19. The second-order valence-corrected chi connectivity index (χ2v) is 16.9. The van der Waals surface area contributed by atoms with Gasteiger partial charge >= 0.3 is 258 Å². The van der Waals surface area contributed by atoms with Gasteiger partial charge in [0, 0.05) is 0 Å². The molecule has 0 bridgehead atoms. The third kappa shape index (κ3) is 4.37. The number of fused-ring (bicyclic) bond motifs is 4. The van der Waals surface area contributed by atoms with Crippen LogP contribution < -0.4 is 34.0 Å². The molecule has 0 aromatic heterocycles. The number of halogens is 12. The first-order valence-corrected chi connectivity index (χ1v) is 16.0. The van der Waals surface area contributed by atoms with Gasteiger partial charge in [-0.15, -0.1) is 0 Å². The summed E-state index contributed by atoms with van der Waals surface area (Å²) in [5, 5.41) is -2.36. The number of hydrogen-bond donors (Lipinski definition) is 0. The van der Waals surface area contributed by atoms with Gasteiger partial charge in [-0.3, -0.25) is 0 Å². The Morgan fingerprint density at radius 1 is 0.614 bits per heavy atom. The third-order valence-corrected chi connectivity index (χ3v) is 16.4. The van der Waals surface area contributed by atoms with Crippen molar-refractivity contribution in [2.24, 2.45) is 0 Å². The molecular formula is C26H17F12LiO3SSi. The van der Waals surface area contributed by atoms with Gasteiger partial charge in [0.15, 0.2) is 0 Å². The van der Waals surface area contributed by atoms with E-state index in [9.17, 15) is 52.7 Å². The van der Waals surface area contributed by atoms with Crippen molar-refractivity contribution in [3.63, 3.8) is 0 Å². The van der Waals surface area contributed by atoms with Crippen molar-refractivity contribution < 1.29 is 85.1 Å². The molecule has 0 amide bonds. The number of rotatable bonds is 4. The fourth-order valence-corrected chi connectivity index (χ4v) is 15.9. The second-order valence-electron chi connectivity index (χ2n) is 9.77. The Hall–Kier alpha value is -2.30. The van der Waals surface area contributed by atoms with Gasteiger partial charge in [0.05, 0.1) is 0 Å². The van der Waals surface area contributed by atoms with E-state index in [1.54, 1.807) is 0 Å². The van der Waals surface area contributed by atoms with E-state index >= 15 is 0 Å². The molecule has 3 aromatic rings. The summed E-state index contributed by atoms with van der Waals surface area (Å²) in [7, 11) is 1.29. The Labute approximate surface area is 257 Å². The minimum absolute atomic E-state index is 0. The molecule has 0 atom stereocenters. The molecule has 1 spiro atoms. The van der Waals surface area contributed by atoms with E-state index in [-0.39, 0.29) is 41.4 Å². The molecule has 3 aromatic carbocycles. The maximum absolute atomic E-state index is 14.7. The molecule has 3 nitrogen and oxygen atoms in total. The molecule has 0 saturated heterocycles. The molecule has 2 heterocycles. The topological polar surface area (TPSA) is 27.7 Å². The van der Waals surface area contributed by atoms with E-state index in [1.165, 1.54) is 31.4 Å². The molecule has 5 rings (SSSR count). The smallest absolute Gasteiger partial charge is 1.00 e.